The van der Waals surface area contributed by atoms with Crippen molar-refractivity contribution >= 4 is 17.0 Å². The van der Waals surface area contributed by atoms with Gasteiger partial charge in [-0.05, 0) is 57.3 Å². The van der Waals surface area contributed by atoms with Crippen molar-refractivity contribution in [3.05, 3.63) is 16.4 Å². The van der Waals surface area contributed by atoms with Crippen LogP contribution in [-0.4, -0.2) is 40.8 Å². The maximum atomic E-state index is 11.5. The lowest BCUT2D eigenvalue weighted by molar-refractivity contribution is 0.179. The quantitative estimate of drug-likeness (QED) is 0.491. The van der Waals surface area contributed by atoms with Crippen LogP contribution in [0.4, 0.5) is 5.82 Å². The number of aliphatic hydroxyl groups is 1. The Kier molecular flexibility index (Phi) is 5.94. The maximum Gasteiger partial charge on any atom is 0.439 e. The molecule has 2 aliphatic rings. The van der Waals surface area contributed by atoms with Crippen LogP contribution in [0.1, 0.15) is 77.6 Å². The summed E-state index contributed by atoms with van der Waals surface area (Å²) >= 11 is 0. The molecule has 3 aromatic rings. The number of nitrogens with zero attached hydrogens (tertiary/aromatic N) is 5. The molecule has 2 saturated carbocycles. The number of anilines is 1. The summed E-state index contributed by atoms with van der Waals surface area (Å²) in [5.41, 5.74) is 1.28. The van der Waals surface area contributed by atoms with E-state index in [1.807, 2.05) is 0 Å². The van der Waals surface area contributed by atoms with Crippen LogP contribution in [-0.2, 0) is 6.54 Å². The molecule has 10 heteroatoms. The van der Waals surface area contributed by atoms with E-state index < -0.39 is 11.9 Å². The van der Waals surface area contributed by atoms with Gasteiger partial charge in [-0.15, -0.1) is 0 Å². The Bertz CT molecular complexity index is 1170. The first-order chi connectivity index (χ1) is 15.9. The molecule has 3 aromatic heterocycles. The van der Waals surface area contributed by atoms with Gasteiger partial charge in [0.05, 0.1) is 0 Å². The normalized spacial score (nSPS) is 23.4. The largest absolute Gasteiger partial charge is 0.439 e. The lowest BCUT2D eigenvalue weighted by Gasteiger charge is -2.32. The van der Waals surface area contributed by atoms with Gasteiger partial charge in [-0.3, -0.25) is 9.51 Å². The van der Waals surface area contributed by atoms with Gasteiger partial charge >= 0.3 is 5.76 Å². The highest BCUT2D eigenvalue weighted by atomic mass is 16.5. The summed E-state index contributed by atoms with van der Waals surface area (Å²) in [6, 6.07) is 0.231. The van der Waals surface area contributed by atoms with E-state index >= 15 is 0 Å². The molecule has 2 aliphatic carbocycles. The van der Waals surface area contributed by atoms with E-state index in [1.54, 1.807) is 6.92 Å². The van der Waals surface area contributed by atoms with E-state index in [0.29, 0.717) is 29.1 Å². The topological polar surface area (TPSA) is 135 Å². The number of hydrogen-bond acceptors (Lipinski definition) is 8. The number of H-pyrrole nitrogens is 1. The second-order valence-electron chi connectivity index (χ2n) is 10.0. The van der Waals surface area contributed by atoms with Crippen LogP contribution >= 0.6 is 0 Å². The van der Waals surface area contributed by atoms with Gasteiger partial charge in [0.2, 0.25) is 11.6 Å². The summed E-state index contributed by atoms with van der Waals surface area (Å²) in [4.78, 5) is 28.1. The zero-order chi connectivity index (χ0) is 23.1. The van der Waals surface area contributed by atoms with Gasteiger partial charge in [-0.25, -0.2) is 19.7 Å². The zero-order valence-corrected chi connectivity index (χ0v) is 19.5. The highest BCUT2D eigenvalue weighted by molar-refractivity contribution is 5.85. The summed E-state index contributed by atoms with van der Waals surface area (Å²) in [5.74, 6) is 2.88. The molecule has 5 rings (SSSR count). The van der Waals surface area contributed by atoms with E-state index in [4.69, 9.17) is 9.97 Å². The fraction of sp³-hybridized carbons (Fsp3) is 0.696. The minimum Gasteiger partial charge on any atom is -0.385 e. The van der Waals surface area contributed by atoms with Gasteiger partial charge < -0.3 is 15.0 Å². The molecule has 0 saturated heterocycles. The first-order valence-corrected chi connectivity index (χ1v) is 12.2. The summed E-state index contributed by atoms with van der Waals surface area (Å²) in [6.07, 6.45) is 7.70. The van der Waals surface area contributed by atoms with Crippen molar-refractivity contribution in [3.63, 3.8) is 0 Å². The van der Waals surface area contributed by atoms with Gasteiger partial charge in [0.15, 0.2) is 11.5 Å². The van der Waals surface area contributed by atoms with Gasteiger partial charge in [0.1, 0.15) is 17.4 Å². The summed E-state index contributed by atoms with van der Waals surface area (Å²) in [7, 11) is 0. The average Bonchev–Trinajstić information content (AvgIpc) is 3.32. The molecule has 3 N–H and O–H groups in total. The van der Waals surface area contributed by atoms with Gasteiger partial charge in [-0.2, -0.15) is 0 Å². The third-order valence-electron chi connectivity index (χ3n) is 7.46. The third kappa shape index (κ3) is 4.40. The van der Waals surface area contributed by atoms with Crippen molar-refractivity contribution in [3.8, 4) is 11.6 Å². The number of imidazole rings is 1. The van der Waals surface area contributed by atoms with Crippen LogP contribution in [0.25, 0.3) is 22.8 Å². The molecule has 2 atom stereocenters. The molecule has 10 nitrogen and oxygen atoms in total. The van der Waals surface area contributed by atoms with E-state index in [0.717, 1.165) is 18.0 Å². The molecule has 0 aliphatic heterocycles. The predicted octanol–water partition coefficient (Wildman–Crippen LogP) is 3.65. The molecule has 0 aromatic carbocycles. The lowest BCUT2D eigenvalue weighted by atomic mass is 9.80. The molecule has 178 valence electrons. The Hall–Kier alpha value is -2.75. The zero-order valence-electron chi connectivity index (χ0n) is 19.5. The second-order valence-corrected chi connectivity index (χ2v) is 10.0. The standard InChI is InChI=1S/C23H33N7O3/c1-12-7-9-15(10-8-12)11-30-17-18(24-13(2)16-5-4-6-16)25-20(21-28-23(32)33-29-21)26-19(17)27-22(30)14(3)31/h12-16,31H,4-11H2,1-3H3,(H,24,25,26)(H,28,29,32)/t12?,13-,14?,15?/m1/s1. The number of nitrogens with one attached hydrogen (secondary N) is 2. The smallest absolute Gasteiger partial charge is 0.385 e. The fourth-order valence-corrected chi connectivity index (χ4v) is 5.13. The number of aromatic nitrogens is 6. The summed E-state index contributed by atoms with van der Waals surface area (Å²) in [6.45, 7) is 7.00. The molecule has 0 bridgehead atoms. The molecule has 33 heavy (non-hydrogen) atoms. The Morgan fingerprint density at radius 3 is 2.52 bits per heavy atom. The van der Waals surface area contributed by atoms with Crippen LogP contribution < -0.4 is 11.1 Å². The fourth-order valence-electron chi connectivity index (χ4n) is 5.13. The average molecular weight is 456 g/mol. The highest BCUT2D eigenvalue weighted by Crippen LogP contribution is 2.35. The minimum atomic E-state index is -0.742. The van der Waals surface area contributed by atoms with E-state index in [-0.39, 0.29) is 17.7 Å². The Morgan fingerprint density at radius 2 is 1.91 bits per heavy atom. The Balaban J connectivity index is 1.60. The van der Waals surface area contributed by atoms with Crippen molar-refractivity contribution in [2.45, 2.75) is 84.4 Å². The molecule has 0 spiro atoms. The van der Waals surface area contributed by atoms with E-state index in [2.05, 4.69) is 43.4 Å². The van der Waals surface area contributed by atoms with Gasteiger partial charge in [-0.1, -0.05) is 31.3 Å². The predicted molar refractivity (Wildman–Crippen MR) is 124 cm³/mol. The third-order valence-corrected chi connectivity index (χ3v) is 7.46. The Morgan fingerprint density at radius 1 is 1.15 bits per heavy atom. The monoisotopic (exact) mass is 455 g/mol. The number of aromatic amines is 1. The van der Waals surface area contributed by atoms with E-state index in [9.17, 15) is 9.90 Å². The van der Waals surface area contributed by atoms with Crippen molar-refractivity contribution in [2.75, 3.05) is 5.32 Å². The van der Waals surface area contributed by atoms with Crippen LogP contribution in [0.3, 0.4) is 0 Å². The van der Waals surface area contributed by atoms with Crippen molar-refractivity contribution in [1.82, 2.24) is 29.7 Å². The number of aliphatic hydroxyl groups excluding tert-OH is 1. The number of fused-ring (bicyclic) bond motifs is 1. The molecule has 3 heterocycles. The van der Waals surface area contributed by atoms with Gasteiger partial charge in [0.25, 0.3) is 0 Å². The van der Waals surface area contributed by atoms with E-state index in [1.165, 1.54) is 44.9 Å². The van der Waals surface area contributed by atoms with Crippen molar-refractivity contribution in [2.24, 2.45) is 17.8 Å². The highest BCUT2D eigenvalue weighted by Gasteiger charge is 2.29. The summed E-state index contributed by atoms with van der Waals surface area (Å²) in [5, 5.41) is 17.9. The van der Waals surface area contributed by atoms with Crippen molar-refractivity contribution < 1.29 is 9.63 Å². The van der Waals surface area contributed by atoms with Crippen LogP contribution in [0.15, 0.2) is 9.32 Å². The maximum absolute atomic E-state index is 11.5. The SMILES string of the molecule is CC1CCC(Cn2c(C(C)O)nc3nc(-c4noc(=O)[nH]4)nc(N[C@H](C)C4CCC4)c32)CC1. The number of rotatable bonds is 7. The van der Waals surface area contributed by atoms with Gasteiger partial charge in [0, 0.05) is 12.6 Å². The summed E-state index contributed by atoms with van der Waals surface area (Å²) < 4.78 is 6.77. The van der Waals surface area contributed by atoms with Crippen LogP contribution in [0, 0.1) is 17.8 Å². The molecule has 0 radical (unpaired) electrons. The van der Waals surface area contributed by atoms with Crippen LogP contribution in [0.2, 0.25) is 0 Å². The molecule has 2 fully saturated rings. The second kappa shape index (κ2) is 8.89. The minimum absolute atomic E-state index is 0.163. The Labute approximate surface area is 192 Å². The molecule has 0 amide bonds. The molecular weight excluding hydrogens is 422 g/mol. The van der Waals surface area contributed by atoms with Crippen molar-refractivity contribution in [1.29, 1.82) is 0 Å². The lowest BCUT2D eigenvalue weighted by Crippen LogP contribution is -2.31. The number of hydrogen-bond donors (Lipinski definition) is 3. The molecule has 1 unspecified atom stereocenters. The van der Waals surface area contributed by atoms with Crippen LogP contribution in [0.5, 0.6) is 0 Å². The first-order valence-electron chi connectivity index (χ1n) is 12.2. The molecular formula is C23H33N7O3. The first kappa shape index (κ1) is 22.1.